The highest BCUT2D eigenvalue weighted by molar-refractivity contribution is 7.98. The topological polar surface area (TPSA) is 58.6 Å². The smallest absolute Gasteiger partial charge is 0.338 e. The van der Waals surface area contributed by atoms with Crippen molar-refractivity contribution < 1.29 is 14.6 Å². The normalized spacial score (nSPS) is 11.4. The van der Waals surface area contributed by atoms with Crippen LogP contribution >= 0.6 is 11.8 Å². The Balaban J connectivity index is 2.92. The number of nitrogens with one attached hydrogen (secondary N) is 1. The molecular weight excluding hydrogens is 262 g/mol. The van der Waals surface area contributed by atoms with Gasteiger partial charge in [0.2, 0.25) is 0 Å². The quantitative estimate of drug-likeness (QED) is 0.752. The van der Waals surface area contributed by atoms with Crippen molar-refractivity contribution in [1.29, 1.82) is 0 Å². The molecule has 0 radical (unpaired) electrons. The van der Waals surface area contributed by atoms with Crippen molar-refractivity contribution in [1.82, 2.24) is 0 Å². The van der Waals surface area contributed by atoms with E-state index in [0.29, 0.717) is 24.4 Å². The molecular formula is C14H21NO3S. The Hall–Kier alpha value is -1.20. The molecule has 0 unspecified atom stereocenters. The third-order valence-electron chi connectivity index (χ3n) is 2.70. The lowest BCUT2D eigenvalue weighted by atomic mass is 10.1. The van der Waals surface area contributed by atoms with Gasteiger partial charge in [0.1, 0.15) is 0 Å². The maximum absolute atomic E-state index is 11.4. The monoisotopic (exact) mass is 283 g/mol. The summed E-state index contributed by atoms with van der Waals surface area (Å²) in [6.07, 6.45) is 1.87. The second-order valence-electron chi connectivity index (χ2n) is 4.73. The molecule has 4 nitrogen and oxygen atoms in total. The van der Waals surface area contributed by atoms with E-state index in [2.05, 4.69) is 5.32 Å². The molecule has 0 aliphatic rings. The fourth-order valence-electron chi connectivity index (χ4n) is 1.82. The minimum absolute atomic E-state index is 0.322. The number of anilines is 1. The first-order valence-corrected chi connectivity index (χ1v) is 7.42. The van der Waals surface area contributed by atoms with Crippen LogP contribution in [0, 0.1) is 0 Å². The van der Waals surface area contributed by atoms with Gasteiger partial charge in [0.25, 0.3) is 0 Å². The number of hydrogen-bond acceptors (Lipinski definition) is 4. The maximum Gasteiger partial charge on any atom is 0.338 e. The van der Waals surface area contributed by atoms with Crippen molar-refractivity contribution in [2.24, 2.45) is 0 Å². The summed E-state index contributed by atoms with van der Waals surface area (Å²) in [6, 6.07) is 5.45. The number of benzene rings is 1. The number of carboxylic acids is 1. The highest BCUT2D eigenvalue weighted by Gasteiger charge is 2.20. The summed E-state index contributed by atoms with van der Waals surface area (Å²) in [4.78, 5) is 12.1. The predicted molar refractivity (Wildman–Crippen MR) is 79.4 cm³/mol. The van der Waals surface area contributed by atoms with Crippen LogP contribution in [0.4, 0.5) is 5.69 Å². The minimum atomic E-state index is -0.915. The zero-order valence-corrected chi connectivity index (χ0v) is 12.6. The summed E-state index contributed by atoms with van der Waals surface area (Å²) in [5.74, 6) is -0.915. The first-order valence-electron chi connectivity index (χ1n) is 6.19. The second-order valence-corrected chi connectivity index (χ2v) is 5.58. The van der Waals surface area contributed by atoms with E-state index in [4.69, 9.17) is 4.74 Å². The van der Waals surface area contributed by atoms with Crippen molar-refractivity contribution >= 4 is 23.4 Å². The van der Waals surface area contributed by atoms with Gasteiger partial charge in [-0.2, -0.15) is 0 Å². The number of carboxylic acid groups (broad SMARTS) is 1. The molecule has 0 saturated heterocycles. The van der Waals surface area contributed by atoms with Gasteiger partial charge in [-0.15, -0.1) is 11.8 Å². The van der Waals surface area contributed by atoms with Crippen LogP contribution in [-0.4, -0.2) is 36.1 Å². The summed E-state index contributed by atoms with van der Waals surface area (Å²) in [5.41, 5.74) is 0.620. The Morgan fingerprint density at radius 3 is 2.68 bits per heavy atom. The summed E-state index contributed by atoms with van der Waals surface area (Å²) in [7, 11) is 0. The standard InChI is InChI=1S/C14H21NO3S/c1-5-18-14(2,3)9-15-10-7-6-8-11(19-4)12(10)13(16)17/h6-8,15H,5,9H2,1-4H3,(H,16,17). The zero-order chi connectivity index (χ0) is 14.5. The zero-order valence-electron chi connectivity index (χ0n) is 11.8. The molecule has 0 aliphatic carbocycles. The molecule has 1 rings (SSSR count). The largest absolute Gasteiger partial charge is 0.478 e. The van der Waals surface area contributed by atoms with Crippen molar-refractivity contribution in [3.8, 4) is 0 Å². The van der Waals surface area contributed by atoms with Crippen LogP contribution in [0.3, 0.4) is 0 Å². The molecule has 0 aromatic heterocycles. The Labute approximate surface area is 118 Å². The Kier molecular flexibility index (Phi) is 5.69. The fourth-order valence-corrected chi connectivity index (χ4v) is 2.44. The lowest BCUT2D eigenvalue weighted by Crippen LogP contribution is -2.33. The molecule has 0 heterocycles. The maximum atomic E-state index is 11.4. The van der Waals surface area contributed by atoms with Gasteiger partial charge in [-0.1, -0.05) is 6.07 Å². The molecule has 19 heavy (non-hydrogen) atoms. The molecule has 0 fully saturated rings. The molecule has 106 valence electrons. The molecule has 0 amide bonds. The van der Waals surface area contributed by atoms with E-state index in [0.717, 1.165) is 4.90 Å². The lowest BCUT2D eigenvalue weighted by Gasteiger charge is -2.26. The van der Waals surface area contributed by atoms with Crippen LogP contribution in [0.5, 0.6) is 0 Å². The van der Waals surface area contributed by atoms with Crippen LogP contribution in [0.25, 0.3) is 0 Å². The van der Waals surface area contributed by atoms with Gasteiger partial charge in [0.15, 0.2) is 0 Å². The van der Waals surface area contributed by atoms with E-state index < -0.39 is 5.97 Å². The number of rotatable bonds is 7. The Bertz CT molecular complexity index is 446. The van der Waals surface area contributed by atoms with Crippen molar-refractivity contribution in [2.75, 3.05) is 24.7 Å². The number of thioether (sulfide) groups is 1. The van der Waals surface area contributed by atoms with Crippen LogP contribution in [0.15, 0.2) is 23.1 Å². The van der Waals surface area contributed by atoms with Gasteiger partial charge in [-0.05, 0) is 39.2 Å². The van der Waals surface area contributed by atoms with E-state index in [1.807, 2.05) is 39.2 Å². The molecule has 0 spiro atoms. The molecule has 0 bridgehead atoms. The van der Waals surface area contributed by atoms with Crippen molar-refractivity contribution in [3.05, 3.63) is 23.8 Å². The first-order chi connectivity index (χ1) is 8.91. The van der Waals surface area contributed by atoms with Gasteiger partial charge < -0.3 is 15.2 Å². The van der Waals surface area contributed by atoms with Gasteiger partial charge >= 0.3 is 5.97 Å². The van der Waals surface area contributed by atoms with Crippen LogP contribution < -0.4 is 5.32 Å². The van der Waals surface area contributed by atoms with Gasteiger partial charge in [-0.3, -0.25) is 0 Å². The summed E-state index contributed by atoms with van der Waals surface area (Å²) in [5, 5.41) is 12.5. The highest BCUT2D eigenvalue weighted by Crippen LogP contribution is 2.27. The van der Waals surface area contributed by atoms with E-state index >= 15 is 0 Å². The Morgan fingerprint density at radius 1 is 1.47 bits per heavy atom. The molecule has 2 N–H and O–H groups in total. The first kappa shape index (κ1) is 15.9. The fraction of sp³-hybridized carbons (Fsp3) is 0.500. The lowest BCUT2D eigenvalue weighted by molar-refractivity contribution is 0.000655. The van der Waals surface area contributed by atoms with Gasteiger partial charge in [0.05, 0.1) is 11.2 Å². The van der Waals surface area contributed by atoms with E-state index in [-0.39, 0.29) is 5.60 Å². The summed E-state index contributed by atoms with van der Waals surface area (Å²) in [6.45, 7) is 7.08. The van der Waals surface area contributed by atoms with Crippen LogP contribution in [0.2, 0.25) is 0 Å². The minimum Gasteiger partial charge on any atom is -0.478 e. The Morgan fingerprint density at radius 2 is 2.16 bits per heavy atom. The molecule has 5 heteroatoms. The third-order valence-corrected chi connectivity index (χ3v) is 3.48. The van der Waals surface area contributed by atoms with Crippen LogP contribution in [-0.2, 0) is 4.74 Å². The van der Waals surface area contributed by atoms with Crippen LogP contribution in [0.1, 0.15) is 31.1 Å². The molecule has 1 aromatic carbocycles. The second kappa shape index (κ2) is 6.82. The van der Waals surface area contributed by atoms with Crippen molar-refractivity contribution in [2.45, 2.75) is 31.3 Å². The molecule has 0 aliphatic heterocycles. The molecule has 0 saturated carbocycles. The number of aromatic carboxylic acids is 1. The summed E-state index contributed by atoms with van der Waals surface area (Å²) >= 11 is 1.43. The molecule has 1 aromatic rings. The van der Waals surface area contributed by atoms with Crippen molar-refractivity contribution in [3.63, 3.8) is 0 Å². The SMILES string of the molecule is CCOC(C)(C)CNc1cccc(SC)c1C(=O)O. The highest BCUT2D eigenvalue weighted by atomic mass is 32.2. The predicted octanol–water partition coefficient (Wildman–Crippen LogP) is 3.33. The van der Waals surface area contributed by atoms with E-state index in [1.54, 1.807) is 6.07 Å². The van der Waals surface area contributed by atoms with E-state index in [9.17, 15) is 9.90 Å². The average molecular weight is 283 g/mol. The summed E-state index contributed by atoms with van der Waals surface area (Å²) < 4.78 is 5.59. The third kappa shape index (κ3) is 4.44. The number of ether oxygens (including phenoxy) is 1. The van der Waals surface area contributed by atoms with Gasteiger partial charge in [0, 0.05) is 23.7 Å². The number of hydrogen-bond donors (Lipinski definition) is 2. The number of carbonyl (C=O) groups is 1. The van der Waals surface area contributed by atoms with E-state index in [1.165, 1.54) is 11.8 Å². The molecule has 0 atom stereocenters. The van der Waals surface area contributed by atoms with Gasteiger partial charge in [-0.25, -0.2) is 4.79 Å². The average Bonchev–Trinajstić information content (AvgIpc) is 2.35.